The fourth-order valence-electron chi connectivity index (χ4n) is 10.6. The molecule has 0 saturated carbocycles. The van der Waals surface area contributed by atoms with Gasteiger partial charge in [-0.25, -0.2) is 9.13 Å². The van der Waals surface area contributed by atoms with Crippen LogP contribution < -0.4 is 0 Å². The van der Waals surface area contributed by atoms with Crippen LogP contribution in [0.1, 0.15) is 336 Å². The first-order chi connectivity index (χ1) is 48.7. The summed E-state index contributed by atoms with van der Waals surface area (Å²) in [4.78, 5) is 72.9. The van der Waals surface area contributed by atoms with Crippen molar-refractivity contribution < 1.29 is 80.2 Å². The molecule has 17 nitrogen and oxygen atoms in total. The van der Waals surface area contributed by atoms with Gasteiger partial charge in [-0.05, 0) is 89.9 Å². The maximum Gasteiger partial charge on any atom is 0.472 e. The first-order valence-electron chi connectivity index (χ1n) is 39.5. The second-order valence-corrected chi connectivity index (χ2v) is 29.2. The van der Waals surface area contributed by atoms with Crippen LogP contribution in [0.4, 0.5) is 0 Å². The van der Waals surface area contributed by atoms with Crippen LogP contribution in [0.2, 0.25) is 0 Å². The summed E-state index contributed by atoms with van der Waals surface area (Å²) in [5.74, 6) is -2.27. The predicted octanol–water partition coefficient (Wildman–Crippen LogP) is 22.8. The molecule has 3 N–H and O–H groups in total. The third-order valence-electron chi connectivity index (χ3n) is 16.6. The van der Waals surface area contributed by atoms with Crippen LogP contribution in [0, 0.1) is 0 Å². The van der Waals surface area contributed by atoms with Crippen LogP contribution in [0.25, 0.3) is 0 Å². The number of phosphoric acid groups is 2. The van der Waals surface area contributed by atoms with E-state index in [4.69, 9.17) is 37.0 Å². The number of carbonyl (C=O) groups excluding carboxylic acids is 4. The summed E-state index contributed by atoms with van der Waals surface area (Å²) in [7, 11) is -9.97. The highest BCUT2D eigenvalue weighted by atomic mass is 31.2. The Labute approximate surface area is 607 Å². The number of allylic oxidation sites excluding steroid dienone is 16. The molecule has 0 heterocycles. The number of aliphatic hydroxyl groups is 1. The van der Waals surface area contributed by atoms with Crippen molar-refractivity contribution in [3.63, 3.8) is 0 Å². The van der Waals surface area contributed by atoms with E-state index in [1.807, 2.05) is 18.2 Å². The molecule has 0 aliphatic rings. The number of unbranched alkanes of at least 4 members (excludes halogenated alkanes) is 32. The van der Waals surface area contributed by atoms with E-state index in [0.29, 0.717) is 32.1 Å². The summed E-state index contributed by atoms with van der Waals surface area (Å²) in [5.41, 5.74) is 0. The summed E-state index contributed by atoms with van der Waals surface area (Å²) in [6, 6.07) is 0. The number of hydrogen-bond acceptors (Lipinski definition) is 15. The largest absolute Gasteiger partial charge is 0.472 e. The predicted molar refractivity (Wildman–Crippen MR) is 409 cm³/mol. The Bertz CT molecular complexity index is 2270. The van der Waals surface area contributed by atoms with Gasteiger partial charge >= 0.3 is 39.5 Å². The lowest BCUT2D eigenvalue weighted by molar-refractivity contribution is -0.161. The highest BCUT2D eigenvalue weighted by Crippen LogP contribution is 2.45. The summed E-state index contributed by atoms with van der Waals surface area (Å²) in [6.45, 7) is 4.64. The zero-order valence-electron chi connectivity index (χ0n) is 63.1. The molecule has 0 aliphatic heterocycles. The molecule has 0 aromatic rings. The van der Waals surface area contributed by atoms with Crippen molar-refractivity contribution >= 4 is 39.5 Å². The van der Waals surface area contributed by atoms with E-state index in [1.165, 1.54) is 122 Å². The van der Waals surface area contributed by atoms with Gasteiger partial charge in [0.25, 0.3) is 0 Å². The van der Waals surface area contributed by atoms with E-state index in [9.17, 15) is 43.2 Å². The first-order valence-corrected chi connectivity index (χ1v) is 42.5. The van der Waals surface area contributed by atoms with Crippen molar-refractivity contribution in [2.75, 3.05) is 39.6 Å². The third kappa shape index (κ3) is 72.3. The van der Waals surface area contributed by atoms with Crippen molar-refractivity contribution in [3.8, 4) is 0 Å². The Hall–Kier alpha value is -4.02. The van der Waals surface area contributed by atoms with Crippen molar-refractivity contribution in [2.24, 2.45) is 0 Å². The maximum atomic E-state index is 13.1. The lowest BCUT2D eigenvalue weighted by atomic mass is 10.0. The Morgan fingerprint density at radius 1 is 0.290 bits per heavy atom. The van der Waals surface area contributed by atoms with Gasteiger partial charge < -0.3 is 33.8 Å². The summed E-state index contributed by atoms with van der Waals surface area (Å²) < 4.78 is 68.5. The second kappa shape index (κ2) is 73.3. The molecule has 19 heteroatoms. The molecule has 100 heavy (non-hydrogen) atoms. The number of esters is 4. The number of aliphatic hydroxyl groups excluding tert-OH is 1. The van der Waals surface area contributed by atoms with Crippen molar-refractivity contribution in [2.45, 2.75) is 354 Å². The number of rotatable bonds is 74. The average molecular weight is 1450 g/mol. The quantitative estimate of drug-likeness (QED) is 0.0169. The zero-order valence-corrected chi connectivity index (χ0v) is 64.9. The van der Waals surface area contributed by atoms with Gasteiger partial charge in [-0.1, -0.05) is 318 Å². The van der Waals surface area contributed by atoms with Crippen LogP contribution >= 0.6 is 15.6 Å². The van der Waals surface area contributed by atoms with Gasteiger partial charge in [-0.15, -0.1) is 0 Å². The molecular formula is C81H142O17P2. The molecular weight excluding hydrogens is 1310 g/mol. The summed E-state index contributed by atoms with van der Waals surface area (Å²) in [5, 5.41) is 10.6. The van der Waals surface area contributed by atoms with Gasteiger partial charge in [0.1, 0.15) is 19.3 Å². The van der Waals surface area contributed by atoms with Gasteiger partial charge in [0, 0.05) is 25.7 Å². The van der Waals surface area contributed by atoms with Crippen molar-refractivity contribution in [3.05, 3.63) is 97.2 Å². The molecule has 578 valence electrons. The fourth-order valence-corrected chi connectivity index (χ4v) is 12.2. The lowest BCUT2D eigenvalue weighted by Gasteiger charge is -2.21. The summed E-state index contributed by atoms with van der Waals surface area (Å²) >= 11 is 0. The number of carbonyl (C=O) groups is 4. The van der Waals surface area contributed by atoms with Crippen molar-refractivity contribution in [1.29, 1.82) is 0 Å². The Morgan fingerprint density at radius 3 is 0.900 bits per heavy atom. The molecule has 0 fully saturated rings. The SMILES string of the molecule is CC/C=C\C/C=C\C/C=C\C/C=C\C/C=C\C/C=C\CCC(=O)OCC(COP(=O)(O)OCC(O)COP(=O)(O)OCC(COC(=O)CCCCCCCCCCCCCCCCC)OC(=O)CCCCCCCCCCCCCCC)OC(=O)CCCCCCC/C=C\C/C=C\CCC. The van der Waals surface area contributed by atoms with E-state index in [0.717, 1.165) is 128 Å². The van der Waals surface area contributed by atoms with Crippen LogP contribution in [0.5, 0.6) is 0 Å². The van der Waals surface area contributed by atoms with Crippen LogP contribution in [-0.2, 0) is 65.4 Å². The van der Waals surface area contributed by atoms with E-state index in [2.05, 4.69) is 107 Å². The van der Waals surface area contributed by atoms with Crippen molar-refractivity contribution in [1.82, 2.24) is 0 Å². The molecule has 0 bridgehead atoms. The summed E-state index contributed by atoms with van der Waals surface area (Å²) in [6.07, 6.45) is 76.9. The number of hydrogen-bond donors (Lipinski definition) is 3. The molecule has 5 atom stereocenters. The van der Waals surface area contributed by atoms with E-state index < -0.39 is 97.5 Å². The van der Waals surface area contributed by atoms with Crippen LogP contribution in [0.15, 0.2) is 97.2 Å². The number of phosphoric ester groups is 2. The highest BCUT2D eigenvalue weighted by molar-refractivity contribution is 7.47. The van der Waals surface area contributed by atoms with E-state index >= 15 is 0 Å². The molecule has 0 saturated heterocycles. The second-order valence-electron chi connectivity index (χ2n) is 26.3. The molecule has 0 amide bonds. The monoisotopic (exact) mass is 1450 g/mol. The minimum absolute atomic E-state index is 0.0333. The first kappa shape index (κ1) is 96.0. The smallest absolute Gasteiger partial charge is 0.462 e. The minimum Gasteiger partial charge on any atom is -0.462 e. The maximum absolute atomic E-state index is 13.1. The zero-order chi connectivity index (χ0) is 73.2. The molecule has 0 rings (SSSR count). The molecule has 0 aliphatic carbocycles. The molecule has 0 aromatic carbocycles. The third-order valence-corrected chi connectivity index (χ3v) is 18.5. The molecule has 0 spiro atoms. The Kier molecular flexibility index (Phi) is 70.4. The Balaban J connectivity index is 5.38. The van der Waals surface area contributed by atoms with Gasteiger partial charge in [-0.2, -0.15) is 0 Å². The standard InChI is InChI=1S/C81H142O17P2/c1-5-9-13-17-21-25-29-33-35-36-37-38-40-44-46-50-54-58-62-66-79(84)92-72-77(98-81(86)68-64-60-56-52-48-42-32-28-24-20-16-12-8-4)74-96-100(89,90)94-70-75(82)69-93-99(87,88)95-73-76(97-80(85)67-63-59-55-51-47-41-31-27-23-19-15-11-7-3)71-91-78(83)65-61-57-53-49-45-43-39-34-30-26-22-18-14-10-6-2/h9,13,16,20-21,25,28,32-33,35,37-38,44,46,54,58,75-77,82H,5-8,10-12,14-15,17-19,22-24,26-27,29-31,34,36,39-43,45,47-53,55-57,59-74H2,1-4H3,(H,87,88)(H,89,90)/b13-9-,20-16-,25-21-,32-28-,35-33-,38-37-,46-44-,58-54-. The van der Waals surface area contributed by atoms with Gasteiger partial charge in [0.05, 0.1) is 26.4 Å². The normalized spacial score (nSPS) is 14.4. The van der Waals surface area contributed by atoms with Gasteiger partial charge in [0.15, 0.2) is 12.2 Å². The molecule has 0 aromatic heterocycles. The van der Waals surface area contributed by atoms with Crippen LogP contribution in [-0.4, -0.2) is 96.7 Å². The number of ether oxygens (including phenoxy) is 4. The van der Waals surface area contributed by atoms with Gasteiger partial charge in [-0.3, -0.25) is 37.3 Å². The minimum atomic E-state index is -4.99. The topological polar surface area (TPSA) is 237 Å². The highest BCUT2D eigenvalue weighted by Gasteiger charge is 2.30. The molecule has 0 radical (unpaired) electrons. The van der Waals surface area contributed by atoms with Gasteiger partial charge in [0.2, 0.25) is 0 Å². The Morgan fingerprint density at radius 2 is 0.560 bits per heavy atom. The van der Waals surface area contributed by atoms with E-state index in [1.54, 1.807) is 0 Å². The fraction of sp³-hybridized carbons (Fsp3) is 0.753. The average Bonchev–Trinajstić information content (AvgIpc) is 0.935. The van der Waals surface area contributed by atoms with Crippen LogP contribution in [0.3, 0.4) is 0 Å². The molecule has 5 unspecified atom stereocenters. The van der Waals surface area contributed by atoms with E-state index in [-0.39, 0.29) is 25.7 Å². The lowest BCUT2D eigenvalue weighted by Crippen LogP contribution is -2.30.